The average Bonchev–Trinajstić information content (AvgIpc) is 2.89. The van der Waals surface area contributed by atoms with E-state index in [1.165, 1.54) is 23.5 Å². The first-order valence-corrected chi connectivity index (χ1v) is 6.19. The molecule has 0 saturated heterocycles. The van der Waals surface area contributed by atoms with Crippen molar-refractivity contribution in [1.82, 2.24) is 4.98 Å². The molecule has 5 nitrogen and oxygen atoms in total. The third-order valence-electron chi connectivity index (χ3n) is 2.42. The Morgan fingerprint density at radius 3 is 2.84 bits per heavy atom. The molecular weight excluding hydrogens is 276 g/mol. The van der Waals surface area contributed by atoms with Gasteiger partial charge in [0.25, 0.3) is 12.1 Å². The molecule has 0 aliphatic heterocycles. The van der Waals surface area contributed by atoms with Gasteiger partial charge in [0.05, 0.1) is 22.7 Å². The van der Waals surface area contributed by atoms with Crippen LogP contribution >= 0.6 is 11.3 Å². The first kappa shape index (κ1) is 13.3. The van der Waals surface area contributed by atoms with E-state index in [1.807, 2.05) is 0 Å². The molecule has 0 unspecified atom stereocenters. The van der Waals surface area contributed by atoms with Gasteiger partial charge in [-0.05, 0) is 6.07 Å². The second-order valence-corrected chi connectivity index (χ2v) is 4.38. The summed E-state index contributed by atoms with van der Waals surface area (Å²) < 4.78 is 25.7. The maximum Gasteiger partial charge on any atom is 0.270 e. The summed E-state index contributed by atoms with van der Waals surface area (Å²) in [6, 6.07) is 3.36. The Morgan fingerprint density at radius 1 is 1.47 bits per heavy atom. The van der Waals surface area contributed by atoms with Gasteiger partial charge in [-0.3, -0.25) is 10.1 Å². The Morgan fingerprint density at radius 2 is 2.26 bits per heavy atom. The lowest BCUT2D eigenvalue weighted by atomic mass is 10.1. The summed E-state index contributed by atoms with van der Waals surface area (Å²) in [5.74, 6) is 0. The van der Waals surface area contributed by atoms with E-state index < -0.39 is 11.3 Å². The number of non-ortho nitro benzene ring substituents is 1. The van der Waals surface area contributed by atoms with Crippen LogP contribution in [0.25, 0.3) is 0 Å². The topological polar surface area (TPSA) is 68.1 Å². The molecule has 0 saturated carbocycles. The van der Waals surface area contributed by atoms with Crippen molar-refractivity contribution in [1.29, 1.82) is 0 Å². The van der Waals surface area contributed by atoms with E-state index in [-0.39, 0.29) is 16.9 Å². The summed E-state index contributed by atoms with van der Waals surface area (Å²) in [5, 5.41) is 15.2. The van der Waals surface area contributed by atoms with Crippen molar-refractivity contribution in [2.45, 2.75) is 13.0 Å². The smallest absolute Gasteiger partial charge is 0.270 e. The summed E-state index contributed by atoms with van der Waals surface area (Å²) in [4.78, 5) is 13.9. The third kappa shape index (κ3) is 3.22. The van der Waals surface area contributed by atoms with E-state index in [4.69, 9.17) is 0 Å². The molecule has 2 rings (SSSR count). The normalized spacial score (nSPS) is 10.7. The van der Waals surface area contributed by atoms with Gasteiger partial charge in [0.2, 0.25) is 0 Å². The van der Waals surface area contributed by atoms with Gasteiger partial charge in [0, 0.05) is 28.8 Å². The molecule has 19 heavy (non-hydrogen) atoms. The maximum absolute atomic E-state index is 12.9. The average molecular weight is 285 g/mol. The number of hydrogen-bond acceptors (Lipinski definition) is 5. The number of hydrogen-bond donors (Lipinski definition) is 1. The molecule has 0 amide bonds. The number of nitro benzene ring substituents is 1. The Hall–Kier alpha value is -2.09. The van der Waals surface area contributed by atoms with E-state index >= 15 is 0 Å². The highest BCUT2D eigenvalue weighted by Crippen LogP contribution is 2.30. The molecule has 0 aliphatic carbocycles. The van der Waals surface area contributed by atoms with Gasteiger partial charge < -0.3 is 5.32 Å². The molecule has 0 fully saturated rings. The standard InChI is InChI=1S/C11H9F2N3O2S/c12-11(13)9-3-8(16(17)18)1-2-10(9)14-4-7-5-19-6-15-7/h1-3,5-6,11,14H,4H2. The summed E-state index contributed by atoms with van der Waals surface area (Å²) in [7, 11) is 0. The van der Waals surface area contributed by atoms with Crippen LogP contribution in [-0.2, 0) is 6.54 Å². The number of thiazole rings is 1. The molecular formula is C11H9F2N3O2S. The Balaban J connectivity index is 2.21. The summed E-state index contributed by atoms with van der Waals surface area (Å²) in [5.41, 5.74) is 1.80. The fourth-order valence-electron chi connectivity index (χ4n) is 1.52. The van der Waals surface area contributed by atoms with Gasteiger partial charge >= 0.3 is 0 Å². The van der Waals surface area contributed by atoms with Gasteiger partial charge in [0.1, 0.15) is 0 Å². The number of aromatic nitrogens is 1. The summed E-state index contributed by atoms with van der Waals surface area (Å²) >= 11 is 1.40. The predicted octanol–water partition coefficient (Wildman–Crippen LogP) is 3.60. The van der Waals surface area contributed by atoms with Crippen LogP contribution in [0.3, 0.4) is 0 Å². The maximum atomic E-state index is 12.9. The fourth-order valence-corrected chi connectivity index (χ4v) is 2.07. The van der Waals surface area contributed by atoms with Gasteiger partial charge in [0.15, 0.2) is 0 Å². The fraction of sp³-hybridized carbons (Fsp3) is 0.182. The van der Waals surface area contributed by atoms with Crippen LogP contribution in [0.4, 0.5) is 20.2 Å². The van der Waals surface area contributed by atoms with Crippen molar-refractivity contribution in [2.75, 3.05) is 5.32 Å². The molecule has 1 aromatic heterocycles. The first-order chi connectivity index (χ1) is 9.08. The number of nitrogens with one attached hydrogen (secondary N) is 1. The first-order valence-electron chi connectivity index (χ1n) is 5.25. The van der Waals surface area contributed by atoms with E-state index in [9.17, 15) is 18.9 Å². The molecule has 0 spiro atoms. The van der Waals surface area contributed by atoms with E-state index in [0.29, 0.717) is 6.54 Å². The van der Waals surface area contributed by atoms with Crippen molar-refractivity contribution < 1.29 is 13.7 Å². The Bertz CT molecular complexity index is 575. The molecule has 0 radical (unpaired) electrons. The van der Waals surface area contributed by atoms with Crippen molar-refractivity contribution >= 4 is 22.7 Å². The number of nitrogens with zero attached hydrogens (tertiary/aromatic N) is 2. The van der Waals surface area contributed by atoms with Crippen LogP contribution in [0.2, 0.25) is 0 Å². The zero-order chi connectivity index (χ0) is 13.8. The van der Waals surface area contributed by atoms with Crippen molar-refractivity contribution in [3.8, 4) is 0 Å². The van der Waals surface area contributed by atoms with Crippen molar-refractivity contribution in [3.63, 3.8) is 0 Å². The second kappa shape index (κ2) is 5.70. The van der Waals surface area contributed by atoms with Crippen LogP contribution in [-0.4, -0.2) is 9.91 Å². The lowest BCUT2D eigenvalue weighted by Gasteiger charge is -2.10. The number of benzene rings is 1. The molecule has 8 heteroatoms. The quantitative estimate of drug-likeness (QED) is 0.673. The highest BCUT2D eigenvalue weighted by atomic mass is 32.1. The Labute approximate surface area is 111 Å². The minimum atomic E-state index is -2.78. The second-order valence-electron chi connectivity index (χ2n) is 3.66. The van der Waals surface area contributed by atoms with Crippen LogP contribution in [0.1, 0.15) is 17.7 Å². The van der Waals surface area contributed by atoms with Crippen LogP contribution in [0, 0.1) is 10.1 Å². The van der Waals surface area contributed by atoms with Crippen molar-refractivity contribution in [3.05, 3.63) is 50.5 Å². The van der Waals surface area contributed by atoms with Crippen molar-refractivity contribution in [2.24, 2.45) is 0 Å². The minimum Gasteiger partial charge on any atom is -0.379 e. The number of anilines is 1. The van der Waals surface area contributed by atoms with Crippen LogP contribution < -0.4 is 5.32 Å². The lowest BCUT2D eigenvalue weighted by Crippen LogP contribution is -2.03. The number of halogens is 2. The number of alkyl halides is 2. The van der Waals surface area contributed by atoms with Crippen LogP contribution in [0.15, 0.2) is 29.1 Å². The van der Waals surface area contributed by atoms with E-state index in [2.05, 4.69) is 10.3 Å². The van der Waals surface area contributed by atoms with Gasteiger partial charge in [-0.2, -0.15) is 0 Å². The summed E-state index contributed by atoms with van der Waals surface area (Å²) in [6.45, 7) is 0.293. The van der Waals surface area contributed by atoms with Gasteiger partial charge in [-0.15, -0.1) is 11.3 Å². The van der Waals surface area contributed by atoms with E-state index in [0.717, 1.165) is 11.8 Å². The Kier molecular flexibility index (Phi) is 4.00. The summed E-state index contributed by atoms with van der Waals surface area (Å²) in [6.07, 6.45) is -2.78. The highest BCUT2D eigenvalue weighted by molar-refractivity contribution is 7.07. The van der Waals surface area contributed by atoms with E-state index in [1.54, 1.807) is 10.9 Å². The molecule has 0 atom stereocenters. The zero-order valence-electron chi connectivity index (χ0n) is 9.55. The largest absolute Gasteiger partial charge is 0.379 e. The predicted molar refractivity (Wildman–Crippen MR) is 67.5 cm³/mol. The highest BCUT2D eigenvalue weighted by Gasteiger charge is 2.17. The number of nitro groups is 1. The molecule has 1 N–H and O–H groups in total. The third-order valence-corrected chi connectivity index (χ3v) is 3.06. The molecule has 2 aromatic rings. The molecule has 1 aromatic carbocycles. The minimum absolute atomic E-state index is 0.175. The molecule has 0 aliphatic rings. The zero-order valence-corrected chi connectivity index (χ0v) is 10.4. The molecule has 100 valence electrons. The lowest BCUT2D eigenvalue weighted by molar-refractivity contribution is -0.385. The number of rotatable bonds is 5. The van der Waals surface area contributed by atoms with Gasteiger partial charge in [-0.1, -0.05) is 0 Å². The monoisotopic (exact) mass is 285 g/mol. The molecule has 0 bridgehead atoms. The van der Waals surface area contributed by atoms with Gasteiger partial charge in [-0.25, -0.2) is 13.8 Å². The van der Waals surface area contributed by atoms with Crippen LogP contribution in [0.5, 0.6) is 0 Å². The SMILES string of the molecule is O=[N+]([O-])c1ccc(NCc2cscn2)c(C(F)F)c1. The molecule has 1 heterocycles.